The summed E-state index contributed by atoms with van der Waals surface area (Å²) in [6, 6.07) is 9.13. The molecule has 0 aliphatic rings. The molecule has 5 heteroatoms. The lowest BCUT2D eigenvalue weighted by Crippen LogP contribution is -2.13. The van der Waals surface area contributed by atoms with E-state index in [1.165, 1.54) is 0 Å². The number of carbonyl (C=O) groups excluding carboxylic acids is 1. The van der Waals surface area contributed by atoms with Crippen molar-refractivity contribution in [3.05, 3.63) is 55.9 Å². The third-order valence-electron chi connectivity index (χ3n) is 2.62. The van der Waals surface area contributed by atoms with Crippen LogP contribution in [0.5, 0.6) is 0 Å². The van der Waals surface area contributed by atoms with E-state index in [1.54, 1.807) is 19.1 Å². The summed E-state index contributed by atoms with van der Waals surface area (Å²) in [6.07, 6.45) is 0. The summed E-state index contributed by atoms with van der Waals surface area (Å²) in [5, 5.41) is 3.20. The van der Waals surface area contributed by atoms with Crippen LogP contribution in [0.25, 0.3) is 0 Å². The molecule has 19 heavy (non-hydrogen) atoms. The van der Waals surface area contributed by atoms with Crippen molar-refractivity contribution < 1.29 is 4.79 Å². The van der Waals surface area contributed by atoms with E-state index in [2.05, 4.69) is 32.9 Å². The third-order valence-corrected chi connectivity index (χ3v) is 3.49. The monoisotopic (exact) mass is 386 g/mol. The van der Waals surface area contributed by atoms with Crippen LogP contribution >= 0.6 is 34.2 Å². The molecule has 1 amide bonds. The van der Waals surface area contributed by atoms with E-state index in [0.29, 0.717) is 10.7 Å². The van der Waals surface area contributed by atoms with E-state index < -0.39 is 0 Å². The minimum Gasteiger partial charge on any atom is -0.322 e. The molecular formula is C14H12ClIN2O. The number of nitrogens with one attached hydrogen (secondary N) is 1. The van der Waals surface area contributed by atoms with Crippen LogP contribution in [-0.2, 0) is 0 Å². The summed E-state index contributed by atoms with van der Waals surface area (Å²) in [7, 11) is 0. The van der Waals surface area contributed by atoms with Crippen LogP contribution in [-0.4, -0.2) is 10.9 Å². The van der Waals surface area contributed by atoms with E-state index in [4.69, 9.17) is 11.6 Å². The van der Waals surface area contributed by atoms with Crippen molar-refractivity contribution in [2.24, 2.45) is 0 Å². The molecule has 0 radical (unpaired) electrons. The number of carbonyl (C=O) groups is 1. The van der Waals surface area contributed by atoms with Crippen LogP contribution in [0.4, 0.5) is 5.69 Å². The lowest BCUT2D eigenvalue weighted by atomic mass is 10.1. The van der Waals surface area contributed by atoms with Gasteiger partial charge in [0.25, 0.3) is 5.91 Å². The average Bonchev–Trinajstić information content (AvgIpc) is 2.31. The number of amides is 1. The number of aromatic nitrogens is 1. The largest absolute Gasteiger partial charge is 0.322 e. The van der Waals surface area contributed by atoms with E-state index in [0.717, 1.165) is 20.5 Å². The number of pyridine rings is 1. The maximum Gasteiger partial charge on any atom is 0.255 e. The van der Waals surface area contributed by atoms with Gasteiger partial charge in [-0.15, -0.1) is 0 Å². The normalized spacial score (nSPS) is 10.3. The minimum absolute atomic E-state index is 0.184. The zero-order valence-electron chi connectivity index (χ0n) is 10.5. The summed E-state index contributed by atoms with van der Waals surface area (Å²) in [5.41, 5.74) is 3.06. The van der Waals surface area contributed by atoms with Gasteiger partial charge in [0.2, 0.25) is 0 Å². The Morgan fingerprint density at radius 3 is 2.63 bits per heavy atom. The van der Waals surface area contributed by atoms with Gasteiger partial charge in [0.05, 0.1) is 0 Å². The standard InChI is InChI=1S/C14H12ClIN2O/c1-8-5-11(16)3-4-12(8)18-14(19)10-6-9(2)17-13(15)7-10/h3-7H,1-2H3,(H,18,19). The molecule has 0 aliphatic heterocycles. The van der Waals surface area contributed by atoms with Gasteiger partial charge >= 0.3 is 0 Å². The average molecular weight is 387 g/mol. The Hall–Kier alpha value is -1.14. The van der Waals surface area contributed by atoms with Crippen LogP contribution in [0.1, 0.15) is 21.6 Å². The summed E-state index contributed by atoms with van der Waals surface area (Å²) in [4.78, 5) is 16.2. The lowest BCUT2D eigenvalue weighted by molar-refractivity contribution is 0.102. The number of rotatable bonds is 2. The number of hydrogen-bond donors (Lipinski definition) is 1. The van der Waals surface area contributed by atoms with E-state index in [-0.39, 0.29) is 5.91 Å². The van der Waals surface area contributed by atoms with Gasteiger partial charge in [-0.05, 0) is 72.3 Å². The topological polar surface area (TPSA) is 42.0 Å². The Labute approximate surface area is 130 Å². The molecule has 0 atom stereocenters. The molecular weight excluding hydrogens is 375 g/mol. The number of halogens is 2. The van der Waals surface area contributed by atoms with Crippen LogP contribution in [0.15, 0.2) is 30.3 Å². The molecule has 0 spiro atoms. The van der Waals surface area contributed by atoms with Crippen molar-refractivity contribution in [1.29, 1.82) is 0 Å². The minimum atomic E-state index is -0.184. The third kappa shape index (κ3) is 3.67. The smallest absolute Gasteiger partial charge is 0.255 e. The Morgan fingerprint density at radius 2 is 2.00 bits per heavy atom. The maximum atomic E-state index is 12.2. The molecule has 2 rings (SSSR count). The molecule has 1 aromatic heterocycles. The molecule has 0 aliphatic carbocycles. The summed E-state index contributed by atoms with van der Waals surface area (Å²) < 4.78 is 1.14. The molecule has 3 nitrogen and oxygen atoms in total. The van der Waals surface area contributed by atoms with Crippen molar-refractivity contribution in [2.45, 2.75) is 13.8 Å². The van der Waals surface area contributed by atoms with Crippen molar-refractivity contribution in [3.8, 4) is 0 Å². The Morgan fingerprint density at radius 1 is 1.26 bits per heavy atom. The van der Waals surface area contributed by atoms with Crippen molar-refractivity contribution in [1.82, 2.24) is 4.98 Å². The SMILES string of the molecule is Cc1cc(C(=O)Nc2ccc(I)cc2C)cc(Cl)n1. The zero-order valence-corrected chi connectivity index (χ0v) is 13.4. The molecule has 1 aromatic carbocycles. The molecule has 0 saturated heterocycles. The van der Waals surface area contributed by atoms with Gasteiger partial charge in [0, 0.05) is 20.5 Å². The first-order valence-electron chi connectivity index (χ1n) is 5.67. The second-order valence-electron chi connectivity index (χ2n) is 4.23. The van der Waals surface area contributed by atoms with Gasteiger partial charge in [-0.2, -0.15) is 0 Å². The van der Waals surface area contributed by atoms with Crippen molar-refractivity contribution in [2.75, 3.05) is 5.32 Å². The molecule has 0 saturated carbocycles. The first-order valence-corrected chi connectivity index (χ1v) is 7.13. The second kappa shape index (κ2) is 5.88. The van der Waals surface area contributed by atoms with Gasteiger partial charge < -0.3 is 5.32 Å². The second-order valence-corrected chi connectivity index (χ2v) is 5.87. The van der Waals surface area contributed by atoms with Crippen LogP contribution in [0.2, 0.25) is 5.15 Å². The Bertz CT molecular complexity index is 623. The fraction of sp³-hybridized carbons (Fsp3) is 0.143. The van der Waals surface area contributed by atoms with E-state index in [9.17, 15) is 4.79 Å². The quantitative estimate of drug-likeness (QED) is 0.620. The highest BCUT2D eigenvalue weighted by Gasteiger charge is 2.09. The van der Waals surface area contributed by atoms with E-state index >= 15 is 0 Å². The highest BCUT2D eigenvalue weighted by molar-refractivity contribution is 14.1. The Kier molecular flexibility index (Phi) is 4.42. The van der Waals surface area contributed by atoms with Crippen molar-refractivity contribution in [3.63, 3.8) is 0 Å². The summed E-state index contributed by atoms with van der Waals surface area (Å²) in [5.74, 6) is -0.184. The molecule has 1 N–H and O–H groups in total. The molecule has 0 unspecified atom stereocenters. The lowest BCUT2D eigenvalue weighted by Gasteiger charge is -2.09. The number of nitrogens with zero attached hydrogens (tertiary/aromatic N) is 1. The fourth-order valence-electron chi connectivity index (χ4n) is 1.72. The summed E-state index contributed by atoms with van der Waals surface area (Å²) >= 11 is 8.09. The zero-order chi connectivity index (χ0) is 14.0. The fourth-order valence-corrected chi connectivity index (χ4v) is 2.62. The molecule has 98 valence electrons. The van der Waals surface area contributed by atoms with Gasteiger partial charge in [-0.1, -0.05) is 11.6 Å². The maximum absolute atomic E-state index is 12.2. The van der Waals surface area contributed by atoms with Crippen LogP contribution in [0, 0.1) is 17.4 Å². The van der Waals surface area contributed by atoms with Gasteiger partial charge in [-0.3, -0.25) is 4.79 Å². The van der Waals surface area contributed by atoms with Crippen molar-refractivity contribution >= 4 is 45.8 Å². The molecule has 2 aromatic rings. The highest BCUT2D eigenvalue weighted by atomic mass is 127. The van der Waals surface area contributed by atoms with Gasteiger partial charge in [0.15, 0.2) is 0 Å². The predicted octanol–water partition coefficient (Wildman–Crippen LogP) is 4.21. The first kappa shape index (κ1) is 14.3. The molecule has 0 fully saturated rings. The van der Waals surface area contributed by atoms with Crippen LogP contribution in [0.3, 0.4) is 0 Å². The molecule has 1 heterocycles. The van der Waals surface area contributed by atoms with Gasteiger partial charge in [-0.25, -0.2) is 4.98 Å². The highest BCUT2D eigenvalue weighted by Crippen LogP contribution is 2.19. The number of aryl methyl sites for hydroxylation is 2. The number of hydrogen-bond acceptors (Lipinski definition) is 2. The van der Waals surface area contributed by atoms with Crippen LogP contribution < -0.4 is 5.32 Å². The number of anilines is 1. The summed E-state index contributed by atoms with van der Waals surface area (Å²) in [6.45, 7) is 3.77. The predicted molar refractivity (Wildman–Crippen MR) is 85.8 cm³/mol. The molecule has 0 bridgehead atoms. The number of benzene rings is 1. The van der Waals surface area contributed by atoms with Gasteiger partial charge in [0.1, 0.15) is 5.15 Å². The van der Waals surface area contributed by atoms with E-state index in [1.807, 2.05) is 25.1 Å². The Balaban J connectivity index is 2.25. The first-order chi connectivity index (χ1) is 8.95.